The van der Waals surface area contributed by atoms with Crippen LogP contribution in [0.25, 0.3) is 0 Å². The summed E-state index contributed by atoms with van der Waals surface area (Å²) in [6.07, 6.45) is 2.47. The number of hydrogen-bond acceptors (Lipinski definition) is 3. The van der Waals surface area contributed by atoms with E-state index >= 15 is 0 Å². The summed E-state index contributed by atoms with van der Waals surface area (Å²) in [5.41, 5.74) is 2.98. The van der Waals surface area contributed by atoms with Crippen LogP contribution in [0, 0.1) is 0 Å². The summed E-state index contributed by atoms with van der Waals surface area (Å²) in [7, 11) is 1.74. The average Bonchev–Trinajstić information content (AvgIpc) is 2.78. The first-order valence-electron chi connectivity index (χ1n) is 5.98. The molecule has 0 bridgehead atoms. The molecule has 1 atom stereocenters. The van der Waals surface area contributed by atoms with Crippen molar-refractivity contribution in [2.45, 2.75) is 18.3 Å². The molecule has 16 heavy (non-hydrogen) atoms. The molecular weight excluding hydrogens is 200 g/mol. The lowest BCUT2D eigenvalue weighted by atomic mass is 9.74. The normalized spacial score (nSPS) is 27.6. The highest BCUT2D eigenvalue weighted by Gasteiger charge is 2.39. The number of nitrogens with one attached hydrogen (secondary N) is 2. The zero-order valence-electron chi connectivity index (χ0n) is 9.68. The highest BCUT2D eigenvalue weighted by Crippen LogP contribution is 2.44. The number of methoxy groups -OCH3 is 1. The third-order valence-electron chi connectivity index (χ3n) is 3.97. The molecule has 1 aromatic carbocycles. The van der Waals surface area contributed by atoms with Crippen LogP contribution in [-0.2, 0) is 5.41 Å². The van der Waals surface area contributed by atoms with Gasteiger partial charge in [-0.05, 0) is 31.0 Å². The predicted molar refractivity (Wildman–Crippen MR) is 65.3 cm³/mol. The molecule has 3 nitrogen and oxygen atoms in total. The molecule has 2 aliphatic heterocycles. The average molecular weight is 218 g/mol. The second-order valence-electron chi connectivity index (χ2n) is 4.77. The lowest BCUT2D eigenvalue weighted by Crippen LogP contribution is -2.36. The van der Waals surface area contributed by atoms with Crippen LogP contribution in [-0.4, -0.2) is 26.7 Å². The van der Waals surface area contributed by atoms with Gasteiger partial charge < -0.3 is 15.4 Å². The molecule has 0 radical (unpaired) electrons. The van der Waals surface area contributed by atoms with Gasteiger partial charge in [0.15, 0.2) is 0 Å². The lowest BCUT2D eigenvalue weighted by Gasteiger charge is -2.36. The van der Waals surface area contributed by atoms with E-state index in [2.05, 4.69) is 22.8 Å². The van der Waals surface area contributed by atoms with Gasteiger partial charge in [-0.1, -0.05) is 12.1 Å². The highest BCUT2D eigenvalue weighted by atomic mass is 16.5. The van der Waals surface area contributed by atoms with E-state index in [0.717, 1.165) is 25.4 Å². The summed E-state index contributed by atoms with van der Waals surface area (Å²) in [6.45, 7) is 3.29. The fourth-order valence-corrected chi connectivity index (χ4v) is 3.07. The fourth-order valence-electron chi connectivity index (χ4n) is 3.07. The Bertz CT molecular complexity index is 397. The molecule has 1 fully saturated rings. The first kappa shape index (κ1) is 9.97. The van der Waals surface area contributed by atoms with Crippen LogP contribution in [0.15, 0.2) is 18.2 Å². The van der Waals surface area contributed by atoms with Crippen molar-refractivity contribution in [3.05, 3.63) is 23.8 Å². The monoisotopic (exact) mass is 218 g/mol. The van der Waals surface area contributed by atoms with E-state index in [1.54, 1.807) is 7.11 Å². The van der Waals surface area contributed by atoms with Crippen LogP contribution in [0.3, 0.4) is 0 Å². The van der Waals surface area contributed by atoms with Crippen LogP contribution < -0.4 is 15.4 Å². The number of hydrogen-bond donors (Lipinski definition) is 2. The van der Waals surface area contributed by atoms with Crippen molar-refractivity contribution in [1.29, 1.82) is 0 Å². The molecule has 0 aliphatic carbocycles. The third-order valence-corrected chi connectivity index (χ3v) is 3.97. The molecule has 1 unspecified atom stereocenters. The predicted octanol–water partition coefficient (Wildman–Crippen LogP) is 1.74. The Morgan fingerprint density at radius 2 is 2.12 bits per heavy atom. The minimum absolute atomic E-state index is 0.342. The first-order chi connectivity index (χ1) is 7.86. The van der Waals surface area contributed by atoms with Crippen molar-refractivity contribution >= 4 is 5.69 Å². The largest absolute Gasteiger partial charge is 0.495 e. The number of para-hydroxylation sites is 1. The van der Waals surface area contributed by atoms with E-state index in [1.165, 1.54) is 24.1 Å². The van der Waals surface area contributed by atoms with Crippen molar-refractivity contribution in [3.63, 3.8) is 0 Å². The Labute approximate surface area is 96.2 Å². The van der Waals surface area contributed by atoms with Crippen molar-refractivity contribution in [1.82, 2.24) is 5.32 Å². The maximum absolute atomic E-state index is 5.43. The molecule has 3 heteroatoms. The smallest absolute Gasteiger partial charge is 0.142 e. The van der Waals surface area contributed by atoms with Gasteiger partial charge in [0.25, 0.3) is 0 Å². The molecule has 1 spiro atoms. The lowest BCUT2D eigenvalue weighted by molar-refractivity contribution is 0.401. The summed E-state index contributed by atoms with van der Waals surface area (Å²) in [4.78, 5) is 0. The van der Waals surface area contributed by atoms with E-state index in [-0.39, 0.29) is 0 Å². The van der Waals surface area contributed by atoms with E-state index in [9.17, 15) is 0 Å². The third kappa shape index (κ3) is 1.31. The number of fused-ring (bicyclic) bond motifs is 2. The minimum Gasteiger partial charge on any atom is -0.495 e. The van der Waals surface area contributed by atoms with Crippen molar-refractivity contribution < 1.29 is 4.74 Å². The molecule has 1 aromatic rings. The van der Waals surface area contributed by atoms with Gasteiger partial charge in [-0.15, -0.1) is 0 Å². The summed E-state index contributed by atoms with van der Waals surface area (Å²) >= 11 is 0. The van der Waals surface area contributed by atoms with E-state index in [1.807, 2.05) is 6.07 Å². The Balaban J connectivity index is 2.11. The van der Waals surface area contributed by atoms with Crippen LogP contribution in [0.5, 0.6) is 5.75 Å². The van der Waals surface area contributed by atoms with Crippen LogP contribution in [0.2, 0.25) is 0 Å². The van der Waals surface area contributed by atoms with Gasteiger partial charge in [0.05, 0.1) is 12.8 Å². The Morgan fingerprint density at radius 3 is 2.88 bits per heavy atom. The maximum Gasteiger partial charge on any atom is 0.142 e. The summed E-state index contributed by atoms with van der Waals surface area (Å²) < 4.78 is 5.43. The number of rotatable bonds is 1. The summed E-state index contributed by atoms with van der Waals surface area (Å²) in [5, 5.41) is 6.97. The molecule has 0 amide bonds. The highest BCUT2D eigenvalue weighted by molar-refractivity contribution is 5.66. The van der Waals surface area contributed by atoms with Crippen LogP contribution in [0.1, 0.15) is 18.4 Å². The topological polar surface area (TPSA) is 33.3 Å². The number of anilines is 1. The van der Waals surface area contributed by atoms with E-state index in [0.29, 0.717) is 5.41 Å². The van der Waals surface area contributed by atoms with Gasteiger partial charge in [-0.2, -0.15) is 0 Å². The van der Waals surface area contributed by atoms with Crippen molar-refractivity contribution in [2.24, 2.45) is 0 Å². The van der Waals surface area contributed by atoms with Crippen molar-refractivity contribution in [3.8, 4) is 5.75 Å². The molecule has 1 saturated heterocycles. The van der Waals surface area contributed by atoms with Gasteiger partial charge in [-0.3, -0.25) is 0 Å². The van der Waals surface area contributed by atoms with Crippen LogP contribution in [0.4, 0.5) is 5.69 Å². The molecule has 86 valence electrons. The van der Waals surface area contributed by atoms with E-state index < -0.39 is 0 Å². The van der Waals surface area contributed by atoms with Gasteiger partial charge in [0.2, 0.25) is 0 Å². The SMILES string of the molecule is COc1cccc2c1NCCC21CCNC1. The van der Waals surface area contributed by atoms with Gasteiger partial charge in [0, 0.05) is 18.5 Å². The molecule has 3 rings (SSSR count). The number of ether oxygens (including phenoxy) is 1. The second kappa shape index (κ2) is 3.67. The summed E-state index contributed by atoms with van der Waals surface area (Å²) in [5.74, 6) is 0.975. The maximum atomic E-state index is 5.43. The quantitative estimate of drug-likeness (QED) is 0.753. The van der Waals surface area contributed by atoms with Gasteiger partial charge in [-0.25, -0.2) is 0 Å². The zero-order valence-corrected chi connectivity index (χ0v) is 9.68. The molecule has 2 N–H and O–H groups in total. The first-order valence-corrected chi connectivity index (χ1v) is 5.98. The Hall–Kier alpha value is -1.22. The molecule has 0 aromatic heterocycles. The van der Waals surface area contributed by atoms with Gasteiger partial charge >= 0.3 is 0 Å². The Morgan fingerprint density at radius 1 is 1.25 bits per heavy atom. The fraction of sp³-hybridized carbons (Fsp3) is 0.538. The summed E-state index contributed by atoms with van der Waals surface area (Å²) in [6, 6.07) is 6.38. The van der Waals surface area contributed by atoms with E-state index in [4.69, 9.17) is 4.74 Å². The minimum atomic E-state index is 0.342. The standard InChI is InChI=1S/C13H18N2O/c1-16-11-4-2-3-10-12(11)15-8-6-13(10)5-7-14-9-13/h2-4,14-15H,5-9H2,1H3. The Kier molecular flexibility index (Phi) is 2.28. The molecule has 0 saturated carbocycles. The molecular formula is C13H18N2O. The van der Waals surface area contributed by atoms with Crippen LogP contribution >= 0.6 is 0 Å². The van der Waals surface area contributed by atoms with Gasteiger partial charge in [0.1, 0.15) is 5.75 Å². The molecule has 2 heterocycles. The molecule has 2 aliphatic rings. The second-order valence-corrected chi connectivity index (χ2v) is 4.77. The number of benzene rings is 1. The zero-order chi connectivity index (χ0) is 11.0. The van der Waals surface area contributed by atoms with Crippen molar-refractivity contribution in [2.75, 3.05) is 32.1 Å².